The third kappa shape index (κ3) is 2.18. The van der Waals surface area contributed by atoms with Crippen molar-refractivity contribution in [1.29, 1.82) is 0 Å². The van der Waals surface area contributed by atoms with Gasteiger partial charge in [-0.3, -0.25) is 4.79 Å². The summed E-state index contributed by atoms with van der Waals surface area (Å²) in [6.07, 6.45) is 1.43. The predicted molar refractivity (Wildman–Crippen MR) is 72.3 cm³/mol. The zero-order valence-corrected chi connectivity index (χ0v) is 10.8. The van der Waals surface area contributed by atoms with Crippen LogP contribution >= 0.6 is 11.3 Å². The summed E-state index contributed by atoms with van der Waals surface area (Å²) < 4.78 is 5.55. The van der Waals surface area contributed by atoms with Gasteiger partial charge in [0.1, 0.15) is 18.1 Å². The van der Waals surface area contributed by atoms with E-state index in [9.17, 15) is 4.79 Å². The Morgan fingerprint density at radius 3 is 3.06 bits per heavy atom. The van der Waals surface area contributed by atoms with Gasteiger partial charge in [-0.2, -0.15) is 11.3 Å². The number of carbonyl (C=O) groups is 1. The van der Waals surface area contributed by atoms with E-state index in [4.69, 9.17) is 4.74 Å². The molecule has 0 N–H and O–H groups in total. The molecule has 0 saturated heterocycles. The van der Waals surface area contributed by atoms with Crippen LogP contribution in [0.5, 0.6) is 5.75 Å². The first-order chi connectivity index (χ1) is 8.84. The highest BCUT2D eigenvalue weighted by Crippen LogP contribution is 2.34. The summed E-state index contributed by atoms with van der Waals surface area (Å²) in [5.74, 6) is 1.08. The maximum atomic E-state index is 12.2. The number of ether oxygens (including phenoxy) is 1. The molecule has 2 aromatic rings. The Hall–Kier alpha value is -1.61. The Labute approximate surface area is 110 Å². The molecule has 1 aliphatic rings. The van der Waals surface area contributed by atoms with E-state index < -0.39 is 0 Å². The van der Waals surface area contributed by atoms with Crippen LogP contribution in [0.4, 0.5) is 0 Å². The molecule has 0 aliphatic carbocycles. The van der Waals surface area contributed by atoms with Crippen LogP contribution in [0.2, 0.25) is 0 Å². The van der Waals surface area contributed by atoms with Crippen molar-refractivity contribution in [3.63, 3.8) is 0 Å². The van der Waals surface area contributed by atoms with E-state index in [1.54, 1.807) is 11.3 Å². The van der Waals surface area contributed by atoms with Crippen LogP contribution in [-0.4, -0.2) is 12.4 Å². The summed E-state index contributed by atoms with van der Waals surface area (Å²) >= 11 is 1.68. The molecule has 3 rings (SSSR count). The Bertz CT molecular complexity index is 545. The standard InChI is InChI=1S/C15H14O2S/c16-14(6-5-11-7-8-18-10-11)13-9-17-15-4-2-1-3-12(13)15/h1-4,7-8,10,13H,5-6,9H2. The van der Waals surface area contributed by atoms with Gasteiger partial charge >= 0.3 is 0 Å². The van der Waals surface area contributed by atoms with Crippen LogP contribution in [0.25, 0.3) is 0 Å². The lowest BCUT2D eigenvalue weighted by molar-refractivity contribution is -0.120. The van der Waals surface area contributed by atoms with Crippen LogP contribution < -0.4 is 4.74 Å². The molecule has 1 aromatic carbocycles. The van der Waals surface area contributed by atoms with Gasteiger partial charge in [-0.25, -0.2) is 0 Å². The lowest BCUT2D eigenvalue weighted by Crippen LogP contribution is -2.14. The molecule has 1 aliphatic heterocycles. The molecule has 1 aromatic heterocycles. The van der Waals surface area contributed by atoms with Crippen molar-refractivity contribution in [2.75, 3.05) is 6.61 Å². The van der Waals surface area contributed by atoms with Crippen molar-refractivity contribution in [3.05, 3.63) is 52.2 Å². The van der Waals surface area contributed by atoms with Crippen LogP contribution in [0.3, 0.4) is 0 Å². The lowest BCUT2D eigenvalue weighted by atomic mass is 9.93. The predicted octanol–water partition coefficient (Wildman–Crippen LogP) is 3.43. The number of benzene rings is 1. The van der Waals surface area contributed by atoms with Gasteiger partial charge in [0.25, 0.3) is 0 Å². The van der Waals surface area contributed by atoms with E-state index in [1.807, 2.05) is 29.6 Å². The topological polar surface area (TPSA) is 26.3 Å². The maximum absolute atomic E-state index is 12.2. The Morgan fingerprint density at radius 1 is 1.33 bits per heavy atom. The third-order valence-corrected chi connectivity index (χ3v) is 4.06. The second-order valence-corrected chi connectivity index (χ2v) is 5.28. The monoisotopic (exact) mass is 258 g/mol. The largest absolute Gasteiger partial charge is 0.492 e. The average molecular weight is 258 g/mol. The number of hydrogen-bond acceptors (Lipinski definition) is 3. The zero-order chi connectivity index (χ0) is 12.4. The summed E-state index contributed by atoms with van der Waals surface area (Å²) in [6, 6.07) is 9.91. The van der Waals surface area contributed by atoms with Crippen molar-refractivity contribution >= 4 is 17.1 Å². The first kappa shape index (κ1) is 11.5. The van der Waals surface area contributed by atoms with Crippen molar-refractivity contribution in [2.24, 2.45) is 0 Å². The van der Waals surface area contributed by atoms with Crippen LogP contribution in [0.1, 0.15) is 23.5 Å². The van der Waals surface area contributed by atoms with Crippen molar-refractivity contribution in [3.8, 4) is 5.75 Å². The minimum atomic E-state index is -0.0696. The van der Waals surface area contributed by atoms with Gasteiger partial charge in [-0.15, -0.1) is 0 Å². The summed E-state index contributed by atoms with van der Waals surface area (Å²) in [7, 11) is 0. The van der Waals surface area contributed by atoms with Gasteiger partial charge in [0.15, 0.2) is 0 Å². The molecule has 0 fully saturated rings. The summed E-state index contributed by atoms with van der Waals surface area (Å²) in [5.41, 5.74) is 2.30. The average Bonchev–Trinajstić information content (AvgIpc) is 3.05. The van der Waals surface area contributed by atoms with Crippen molar-refractivity contribution in [1.82, 2.24) is 0 Å². The van der Waals surface area contributed by atoms with E-state index in [0.29, 0.717) is 13.0 Å². The van der Waals surface area contributed by atoms with Gasteiger partial charge in [0.2, 0.25) is 0 Å². The van der Waals surface area contributed by atoms with E-state index in [0.717, 1.165) is 17.7 Å². The zero-order valence-electron chi connectivity index (χ0n) is 9.96. The first-order valence-electron chi connectivity index (χ1n) is 6.10. The molecule has 2 heterocycles. The van der Waals surface area contributed by atoms with Crippen LogP contribution in [0, 0.1) is 0 Å². The highest BCUT2D eigenvalue weighted by Gasteiger charge is 2.29. The molecule has 0 bridgehead atoms. The second-order valence-electron chi connectivity index (χ2n) is 4.50. The quantitative estimate of drug-likeness (QED) is 0.840. The molecule has 1 unspecified atom stereocenters. The van der Waals surface area contributed by atoms with E-state index in [1.165, 1.54) is 5.56 Å². The maximum Gasteiger partial charge on any atom is 0.144 e. The molecule has 1 atom stereocenters. The number of hydrogen-bond donors (Lipinski definition) is 0. The second kappa shape index (κ2) is 4.94. The van der Waals surface area contributed by atoms with Gasteiger partial charge in [0, 0.05) is 12.0 Å². The molecule has 18 heavy (non-hydrogen) atoms. The molecule has 92 valence electrons. The fraction of sp³-hybridized carbons (Fsp3) is 0.267. The number of thiophene rings is 1. The Balaban J connectivity index is 1.67. The van der Waals surface area contributed by atoms with E-state index >= 15 is 0 Å². The highest BCUT2D eigenvalue weighted by atomic mass is 32.1. The number of aryl methyl sites for hydroxylation is 1. The molecular formula is C15H14O2S. The summed E-state index contributed by atoms with van der Waals surface area (Å²) in [5, 5.41) is 4.15. The molecule has 0 saturated carbocycles. The number of carbonyl (C=O) groups excluding carboxylic acids is 1. The van der Waals surface area contributed by atoms with Gasteiger partial charge in [-0.05, 0) is 34.9 Å². The molecule has 0 spiro atoms. The Morgan fingerprint density at radius 2 is 2.22 bits per heavy atom. The fourth-order valence-electron chi connectivity index (χ4n) is 2.31. The smallest absolute Gasteiger partial charge is 0.144 e. The van der Waals surface area contributed by atoms with E-state index in [-0.39, 0.29) is 11.7 Å². The number of fused-ring (bicyclic) bond motifs is 1. The Kier molecular flexibility index (Phi) is 3.15. The van der Waals surface area contributed by atoms with Crippen molar-refractivity contribution < 1.29 is 9.53 Å². The fourth-order valence-corrected chi connectivity index (χ4v) is 3.01. The van der Waals surface area contributed by atoms with Gasteiger partial charge in [0.05, 0.1) is 5.92 Å². The number of rotatable bonds is 4. The number of Topliss-reactive ketones (excluding diaryl/α,β-unsaturated/α-hetero) is 1. The van der Waals surface area contributed by atoms with Crippen LogP contribution in [-0.2, 0) is 11.2 Å². The minimum Gasteiger partial charge on any atom is -0.492 e. The van der Waals surface area contributed by atoms with E-state index in [2.05, 4.69) is 11.4 Å². The van der Waals surface area contributed by atoms with Crippen LogP contribution in [0.15, 0.2) is 41.1 Å². The number of para-hydroxylation sites is 1. The highest BCUT2D eigenvalue weighted by molar-refractivity contribution is 7.07. The summed E-state index contributed by atoms with van der Waals surface area (Å²) in [6.45, 7) is 0.502. The normalized spacial score (nSPS) is 17.2. The van der Waals surface area contributed by atoms with Crippen molar-refractivity contribution in [2.45, 2.75) is 18.8 Å². The van der Waals surface area contributed by atoms with Gasteiger partial charge < -0.3 is 4.74 Å². The molecule has 0 amide bonds. The summed E-state index contributed by atoms with van der Waals surface area (Å²) in [4.78, 5) is 12.2. The molecule has 0 radical (unpaired) electrons. The molecule has 2 nitrogen and oxygen atoms in total. The van der Waals surface area contributed by atoms with Gasteiger partial charge in [-0.1, -0.05) is 18.2 Å². The third-order valence-electron chi connectivity index (χ3n) is 3.33. The first-order valence-corrected chi connectivity index (χ1v) is 7.04. The minimum absolute atomic E-state index is 0.0696. The number of ketones is 1. The molecule has 3 heteroatoms. The SMILES string of the molecule is O=C(CCc1ccsc1)C1COc2ccccc21. The molecular weight excluding hydrogens is 244 g/mol. The lowest BCUT2D eigenvalue weighted by Gasteiger charge is -2.07.